The molecule has 0 radical (unpaired) electrons. The van der Waals surface area contributed by atoms with Crippen molar-refractivity contribution in [1.82, 2.24) is 8.80 Å². The molecule has 0 N–H and O–H groups in total. The van der Waals surface area contributed by atoms with Gasteiger partial charge in [0.2, 0.25) is 0 Å². The molecule has 2 heteroatoms. The van der Waals surface area contributed by atoms with Crippen LogP contribution in [0.2, 0.25) is 0 Å². The highest BCUT2D eigenvalue weighted by Gasteiger charge is 2.48. The molecular weight excluding hydrogens is 617 g/mol. The van der Waals surface area contributed by atoms with Gasteiger partial charge < -0.3 is 8.80 Å². The number of nitrogens with zero attached hydrogens (tertiary/aromatic N) is 2. The molecule has 0 spiro atoms. The van der Waals surface area contributed by atoms with Gasteiger partial charge >= 0.3 is 0 Å². The molecule has 0 saturated carbocycles. The summed E-state index contributed by atoms with van der Waals surface area (Å²) in [6, 6.07) is 63.7. The van der Waals surface area contributed by atoms with Gasteiger partial charge in [-0.15, -0.1) is 0 Å². The molecule has 13 rings (SSSR count). The third-order valence-corrected chi connectivity index (χ3v) is 12.2. The molecule has 0 amide bonds. The van der Waals surface area contributed by atoms with E-state index in [1.165, 1.54) is 110 Å². The molecule has 0 atom stereocenters. The van der Waals surface area contributed by atoms with Gasteiger partial charge in [-0.2, -0.15) is 0 Å². The summed E-state index contributed by atoms with van der Waals surface area (Å²) < 4.78 is 5.11. The molecule has 1 aliphatic rings. The number of hydrogen-bond donors (Lipinski definition) is 0. The van der Waals surface area contributed by atoms with Gasteiger partial charge in [-0.25, -0.2) is 0 Å². The van der Waals surface area contributed by atoms with Crippen LogP contribution in [0, 0.1) is 0 Å². The van der Waals surface area contributed by atoms with Gasteiger partial charge in [-0.1, -0.05) is 140 Å². The average Bonchev–Trinajstić information content (AvgIpc) is 3.97. The molecule has 234 valence electrons. The van der Waals surface area contributed by atoms with Crippen LogP contribution in [-0.2, 0) is 5.41 Å². The van der Waals surface area contributed by atoms with Crippen molar-refractivity contribution < 1.29 is 0 Å². The molecule has 0 bridgehead atoms. The van der Waals surface area contributed by atoms with Crippen molar-refractivity contribution in [2.45, 2.75) is 5.41 Å². The third kappa shape index (κ3) is 2.85. The van der Waals surface area contributed by atoms with Crippen molar-refractivity contribution in [1.29, 1.82) is 0 Å². The Hall–Kier alpha value is -6.64. The highest BCUT2D eigenvalue weighted by Crippen LogP contribution is 2.61. The zero-order valence-corrected chi connectivity index (χ0v) is 27.6. The third-order valence-electron chi connectivity index (χ3n) is 12.2. The average molecular weight is 645 g/mol. The first-order valence-electron chi connectivity index (χ1n) is 17.9. The van der Waals surface area contributed by atoms with E-state index in [0.717, 1.165) is 0 Å². The number of hydrogen-bond acceptors (Lipinski definition) is 0. The first-order chi connectivity index (χ1) is 25.4. The van der Waals surface area contributed by atoms with Crippen LogP contribution in [0.25, 0.3) is 87.3 Å². The smallest absolute Gasteiger partial charge is 0.0720 e. The van der Waals surface area contributed by atoms with E-state index in [9.17, 15) is 0 Å². The molecule has 4 aromatic heterocycles. The number of para-hydroxylation sites is 3. The molecule has 8 aromatic carbocycles. The summed E-state index contributed by atoms with van der Waals surface area (Å²) in [7, 11) is 0. The normalized spacial score (nSPS) is 14.0. The Morgan fingerprint density at radius 2 is 0.843 bits per heavy atom. The molecule has 51 heavy (non-hydrogen) atoms. The van der Waals surface area contributed by atoms with Crippen molar-refractivity contribution in [3.05, 3.63) is 192 Å². The molecule has 0 saturated heterocycles. The standard InChI is InChI=1S/C49H28N2/c1-3-15-29(16-4-1)49(30-17-5-2-6-18-30)38-23-11-7-19-31(38)35-27-37-43-42(51-41-26-14-10-22-34(41)45(46(35)49)48(37)51)28-36-32-20-8-12-24-39(32)50-40-25-13-9-21-33(40)44(43)47(36)50/h1-28H. The summed E-state index contributed by atoms with van der Waals surface area (Å²) in [4.78, 5) is 0. The van der Waals surface area contributed by atoms with Crippen LogP contribution in [0.5, 0.6) is 0 Å². The van der Waals surface area contributed by atoms with Crippen molar-refractivity contribution in [2.24, 2.45) is 0 Å². The lowest BCUT2D eigenvalue weighted by atomic mass is 9.66. The highest BCUT2D eigenvalue weighted by molar-refractivity contribution is 6.38. The van der Waals surface area contributed by atoms with Crippen LogP contribution in [0.3, 0.4) is 0 Å². The number of rotatable bonds is 2. The Balaban J connectivity index is 1.35. The summed E-state index contributed by atoms with van der Waals surface area (Å²) in [5, 5.41) is 10.6. The summed E-state index contributed by atoms with van der Waals surface area (Å²) in [5.74, 6) is 0. The second-order valence-corrected chi connectivity index (χ2v) is 14.4. The van der Waals surface area contributed by atoms with Crippen molar-refractivity contribution in [3.63, 3.8) is 0 Å². The van der Waals surface area contributed by atoms with Gasteiger partial charge in [-0.3, -0.25) is 0 Å². The van der Waals surface area contributed by atoms with Gasteiger partial charge in [-0.05, 0) is 63.7 Å². The number of aromatic nitrogens is 2. The second kappa shape index (κ2) is 8.93. The predicted molar refractivity (Wildman–Crippen MR) is 213 cm³/mol. The van der Waals surface area contributed by atoms with Gasteiger partial charge in [0.1, 0.15) is 0 Å². The van der Waals surface area contributed by atoms with E-state index in [0.29, 0.717) is 0 Å². The summed E-state index contributed by atoms with van der Waals surface area (Å²) in [6.45, 7) is 0. The van der Waals surface area contributed by atoms with Gasteiger partial charge in [0.05, 0.1) is 38.5 Å². The topological polar surface area (TPSA) is 8.82 Å². The lowest BCUT2D eigenvalue weighted by Crippen LogP contribution is -2.28. The Morgan fingerprint density at radius 1 is 0.333 bits per heavy atom. The molecule has 0 fully saturated rings. The maximum atomic E-state index is 2.60. The van der Waals surface area contributed by atoms with Crippen LogP contribution >= 0.6 is 0 Å². The van der Waals surface area contributed by atoms with E-state index in [2.05, 4.69) is 179 Å². The maximum absolute atomic E-state index is 2.60. The minimum atomic E-state index is -0.489. The molecule has 12 aromatic rings. The van der Waals surface area contributed by atoms with Crippen LogP contribution in [0.4, 0.5) is 0 Å². The molecule has 4 heterocycles. The van der Waals surface area contributed by atoms with Gasteiger partial charge in [0.25, 0.3) is 0 Å². The van der Waals surface area contributed by atoms with Gasteiger partial charge in [0.15, 0.2) is 0 Å². The fourth-order valence-electron chi connectivity index (χ4n) is 10.5. The van der Waals surface area contributed by atoms with Crippen LogP contribution in [0.1, 0.15) is 22.3 Å². The molecule has 2 nitrogen and oxygen atoms in total. The largest absolute Gasteiger partial charge is 0.308 e. The minimum absolute atomic E-state index is 0.489. The van der Waals surface area contributed by atoms with Gasteiger partial charge in [0, 0.05) is 43.1 Å². The SMILES string of the molecule is c1ccc(C2(c3ccccc3)c3ccccc3-c3cc4c5c6c7ccccc7n7c8ccccc8c(cc5n5c8ccccc8c(c32)c45)c67)cc1. The Morgan fingerprint density at radius 3 is 1.53 bits per heavy atom. The predicted octanol–water partition coefficient (Wildman–Crippen LogP) is 12.3. The zero-order chi connectivity index (χ0) is 33.0. The fourth-order valence-corrected chi connectivity index (χ4v) is 10.5. The fraction of sp³-hybridized carbons (Fsp3) is 0.0204. The van der Waals surface area contributed by atoms with E-state index in [1.54, 1.807) is 0 Å². The Labute approximate surface area is 292 Å². The first-order valence-corrected chi connectivity index (χ1v) is 17.9. The number of fused-ring (bicyclic) bond motifs is 17. The quantitative estimate of drug-likeness (QED) is 0.177. The summed E-state index contributed by atoms with van der Waals surface area (Å²) >= 11 is 0. The monoisotopic (exact) mass is 644 g/mol. The molecule has 0 aliphatic heterocycles. The van der Waals surface area contributed by atoms with Crippen molar-refractivity contribution in [2.75, 3.05) is 0 Å². The zero-order valence-electron chi connectivity index (χ0n) is 27.6. The molecule has 1 aliphatic carbocycles. The maximum Gasteiger partial charge on any atom is 0.0720 e. The first kappa shape index (κ1) is 26.3. The van der Waals surface area contributed by atoms with Crippen molar-refractivity contribution >= 4 is 76.2 Å². The van der Waals surface area contributed by atoms with E-state index in [1.807, 2.05) is 0 Å². The van der Waals surface area contributed by atoms with E-state index in [4.69, 9.17) is 0 Å². The lowest BCUT2D eigenvalue weighted by Gasteiger charge is -2.34. The summed E-state index contributed by atoms with van der Waals surface area (Å²) in [5.41, 5.74) is 15.2. The van der Waals surface area contributed by atoms with Crippen LogP contribution in [-0.4, -0.2) is 8.80 Å². The lowest BCUT2D eigenvalue weighted by molar-refractivity contribution is 0.776. The van der Waals surface area contributed by atoms with Crippen molar-refractivity contribution in [3.8, 4) is 11.1 Å². The Bertz CT molecular complexity index is 3360. The second-order valence-electron chi connectivity index (χ2n) is 14.4. The molecule has 0 unspecified atom stereocenters. The number of benzene rings is 8. The Kier molecular flexibility index (Phi) is 4.60. The highest BCUT2D eigenvalue weighted by atomic mass is 14.9. The van der Waals surface area contributed by atoms with E-state index >= 15 is 0 Å². The van der Waals surface area contributed by atoms with Crippen LogP contribution in [0.15, 0.2) is 170 Å². The van der Waals surface area contributed by atoms with E-state index < -0.39 is 5.41 Å². The van der Waals surface area contributed by atoms with Crippen LogP contribution < -0.4 is 0 Å². The minimum Gasteiger partial charge on any atom is -0.308 e. The summed E-state index contributed by atoms with van der Waals surface area (Å²) in [6.07, 6.45) is 0. The van der Waals surface area contributed by atoms with E-state index in [-0.39, 0.29) is 0 Å². The molecular formula is C49H28N2.